The fourth-order valence-corrected chi connectivity index (χ4v) is 10.4. The average molecular weight is 803 g/mol. The topological polar surface area (TPSA) is 6.48 Å². The fraction of sp³-hybridized carbons (Fsp3) is 0.0164. The van der Waals surface area contributed by atoms with Crippen LogP contribution in [0.15, 0.2) is 255 Å². The van der Waals surface area contributed by atoms with E-state index in [1.54, 1.807) is 0 Å². The number of benzene rings is 10. The molecule has 0 fully saturated rings. The Bertz CT molecular complexity index is 3100. The smallest absolute Gasteiger partial charge is 0.0783 e. The van der Waals surface area contributed by atoms with Crippen LogP contribution in [-0.2, 0) is 5.41 Å². The number of hydrogen-bond donors (Lipinski definition) is 0. The number of anilines is 6. The third-order valence-electron chi connectivity index (χ3n) is 13.1. The molecule has 63 heavy (non-hydrogen) atoms. The minimum absolute atomic E-state index is 0.732. The Morgan fingerprint density at radius 3 is 0.921 bits per heavy atom. The zero-order valence-corrected chi connectivity index (χ0v) is 34.6. The molecule has 12 rings (SSSR count). The van der Waals surface area contributed by atoms with Crippen molar-refractivity contribution in [2.75, 3.05) is 9.80 Å². The van der Waals surface area contributed by atoms with Crippen LogP contribution in [-0.4, -0.2) is 0 Å². The van der Waals surface area contributed by atoms with Gasteiger partial charge >= 0.3 is 0 Å². The van der Waals surface area contributed by atoms with E-state index in [-0.39, 0.29) is 0 Å². The van der Waals surface area contributed by atoms with Gasteiger partial charge in [0.25, 0.3) is 0 Å². The molecule has 0 amide bonds. The minimum Gasteiger partial charge on any atom is -0.310 e. The van der Waals surface area contributed by atoms with Crippen LogP contribution >= 0.6 is 0 Å². The molecule has 0 saturated heterocycles. The summed E-state index contributed by atoms with van der Waals surface area (Å²) in [5, 5.41) is 0. The van der Waals surface area contributed by atoms with Gasteiger partial charge < -0.3 is 9.80 Å². The van der Waals surface area contributed by atoms with E-state index in [9.17, 15) is 0 Å². The molecule has 10 aromatic rings. The van der Waals surface area contributed by atoms with Crippen LogP contribution in [0.1, 0.15) is 22.3 Å². The molecule has 296 valence electrons. The van der Waals surface area contributed by atoms with Gasteiger partial charge in [0, 0.05) is 11.4 Å². The highest BCUT2D eigenvalue weighted by Crippen LogP contribution is 2.64. The Kier molecular flexibility index (Phi) is 8.76. The highest BCUT2D eigenvalue weighted by Gasteiger charge is 2.52. The largest absolute Gasteiger partial charge is 0.310 e. The van der Waals surface area contributed by atoms with Gasteiger partial charge in [0.1, 0.15) is 0 Å². The van der Waals surface area contributed by atoms with Crippen molar-refractivity contribution in [3.8, 4) is 44.5 Å². The highest BCUT2D eigenvalue weighted by atomic mass is 15.2. The van der Waals surface area contributed by atoms with Crippen LogP contribution < -0.4 is 9.80 Å². The lowest BCUT2D eigenvalue weighted by Gasteiger charge is -2.51. The van der Waals surface area contributed by atoms with Crippen molar-refractivity contribution in [1.82, 2.24) is 0 Å². The standard InChI is InChI=1S/C61H42N2/c1-5-21-43(22-6-1)49-29-13-15-31-51(49)45-37-39-59-55(41-45)61(53-33-17-19-35-57(53)62(47-25-9-3-10-26-47)58-36-20-18-34-54(58)61)56-42-46(38-40-60(56)63(59)48-27-11-4-12-28-48)52-32-16-14-30-50(52)44-23-7-2-8-24-44/h1-42H. The van der Waals surface area contributed by atoms with Gasteiger partial charge in [-0.1, -0.05) is 194 Å². The quantitative estimate of drug-likeness (QED) is 0.165. The van der Waals surface area contributed by atoms with Crippen LogP contribution in [0.2, 0.25) is 0 Å². The molecular formula is C61H42N2. The number of nitrogens with zero attached hydrogens (tertiary/aromatic N) is 2. The van der Waals surface area contributed by atoms with Gasteiger partial charge in [-0.25, -0.2) is 0 Å². The summed E-state index contributed by atoms with van der Waals surface area (Å²) in [4.78, 5) is 4.95. The molecule has 0 saturated carbocycles. The summed E-state index contributed by atoms with van der Waals surface area (Å²) in [5.74, 6) is 0. The molecule has 0 bridgehead atoms. The number of hydrogen-bond acceptors (Lipinski definition) is 2. The normalized spacial score (nSPS) is 13.1. The minimum atomic E-state index is -0.732. The van der Waals surface area contributed by atoms with Crippen molar-refractivity contribution in [1.29, 1.82) is 0 Å². The van der Waals surface area contributed by atoms with Crippen molar-refractivity contribution >= 4 is 34.1 Å². The Morgan fingerprint density at radius 2 is 0.524 bits per heavy atom. The Labute approximate surface area is 369 Å². The second kappa shape index (κ2) is 15.1. The lowest BCUT2D eigenvalue weighted by Crippen LogP contribution is -2.42. The van der Waals surface area contributed by atoms with E-state index in [0.29, 0.717) is 0 Å². The molecule has 2 aliphatic heterocycles. The van der Waals surface area contributed by atoms with Crippen LogP contribution in [0.3, 0.4) is 0 Å². The first-order valence-corrected chi connectivity index (χ1v) is 21.8. The molecule has 2 heteroatoms. The Balaban J connectivity index is 1.22. The van der Waals surface area contributed by atoms with Gasteiger partial charge in [0.05, 0.1) is 28.2 Å². The predicted molar refractivity (Wildman–Crippen MR) is 263 cm³/mol. The van der Waals surface area contributed by atoms with Gasteiger partial charge in [-0.05, 0) is 127 Å². The van der Waals surface area contributed by atoms with Crippen molar-refractivity contribution < 1.29 is 0 Å². The van der Waals surface area contributed by atoms with E-state index >= 15 is 0 Å². The fourth-order valence-electron chi connectivity index (χ4n) is 10.4. The molecule has 0 atom stereocenters. The van der Waals surface area contributed by atoms with Crippen molar-refractivity contribution in [2.45, 2.75) is 5.41 Å². The van der Waals surface area contributed by atoms with Crippen LogP contribution in [0, 0.1) is 0 Å². The Morgan fingerprint density at radius 1 is 0.222 bits per heavy atom. The van der Waals surface area contributed by atoms with Crippen LogP contribution in [0.4, 0.5) is 34.1 Å². The third-order valence-corrected chi connectivity index (χ3v) is 13.1. The molecule has 2 aliphatic rings. The summed E-state index contributed by atoms with van der Waals surface area (Å²) in [6, 6.07) is 93.6. The molecule has 0 aromatic heterocycles. The second-order valence-corrected chi connectivity index (χ2v) is 16.4. The lowest BCUT2D eigenvalue weighted by atomic mass is 9.59. The summed E-state index contributed by atoms with van der Waals surface area (Å²) < 4.78 is 0. The van der Waals surface area contributed by atoms with Gasteiger partial charge in [-0.15, -0.1) is 0 Å². The van der Waals surface area contributed by atoms with Gasteiger partial charge in [0.15, 0.2) is 0 Å². The first-order valence-electron chi connectivity index (χ1n) is 21.8. The molecule has 10 aromatic carbocycles. The molecule has 1 spiro atoms. The van der Waals surface area contributed by atoms with Crippen LogP contribution in [0.25, 0.3) is 44.5 Å². The maximum atomic E-state index is 2.51. The van der Waals surface area contributed by atoms with Crippen LogP contribution in [0.5, 0.6) is 0 Å². The molecule has 0 unspecified atom stereocenters. The zero-order valence-electron chi connectivity index (χ0n) is 34.6. The molecule has 0 aliphatic carbocycles. The first kappa shape index (κ1) is 36.6. The maximum Gasteiger partial charge on any atom is 0.0783 e. The molecule has 2 nitrogen and oxygen atoms in total. The number of fused-ring (bicyclic) bond motifs is 8. The zero-order chi connectivity index (χ0) is 41.7. The SMILES string of the molecule is c1ccc(-c2ccccc2-c2ccc3c(c2)C2(c4ccccc4N(c4ccccc4)c4ccccc42)c2cc(-c4ccccc4-c4ccccc4)ccc2N3c2ccccc2)cc1. The van der Waals surface area contributed by atoms with E-state index < -0.39 is 5.41 Å². The van der Waals surface area contributed by atoms with Gasteiger partial charge in [0.2, 0.25) is 0 Å². The molecule has 0 radical (unpaired) electrons. The van der Waals surface area contributed by atoms with E-state index in [1.807, 2.05) is 0 Å². The number of rotatable bonds is 6. The third kappa shape index (κ3) is 5.80. The summed E-state index contributed by atoms with van der Waals surface area (Å²) >= 11 is 0. The summed E-state index contributed by atoms with van der Waals surface area (Å²) in [5.41, 5.74) is 20.7. The van der Waals surface area contributed by atoms with Crippen molar-refractivity contribution in [3.63, 3.8) is 0 Å². The van der Waals surface area contributed by atoms with E-state index in [1.165, 1.54) is 66.8 Å². The van der Waals surface area contributed by atoms with Gasteiger partial charge in [-0.3, -0.25) is 0 Å². The number of para-hydroxylation sites is 4. The van der Waals surface area contributed by atoms with Gasteiger partial charge in [-0.2, -0.15) is 0 Å². The predicted octanol–water partition coefficient (Wildman–Crippen LogP) is 16.3. The lowest BCUT2D eigenvalue weighted by molar-refractivity contribution is 0.719. The Hall–Kier alpha value is -8.20. The summed E-state index contributed by atoms with van der Waals surface area (Å²) in [7, 11) is 0. The van der Waals surface area contributed by atoms with Crippen molar-refractivity contribution in [3.05, 3.63) is 277 Å². The maximum absolute atomic E-state index is 2.51. The van der Waals surface area contributed by atoms with E-state index in [4.69, 9.17) is 0 Å². The monoisotopic (exact) mass is 802 g/mol. The summed E-state index contributed by atoms with van der Waals surface area (Å²) in [6.07, 6.45) is 0. The molecule has 2 heterocycles. The molecule has 0 N–H and O–H groups in total. The van der Waals surface area contributed by atoms with Crippen molar-refractivity contribution in [2.24, 2.45) is 0 Å². The summed E-state index contributed by atoms with van der Waals surface area (Å²) in [6.45, 7) is 0. The second-order valence-electron chi connectivity index (χ2n) is 16.4. The molecular weight excluding hydrogens is 761 g/mol. The highest BCUT2D eigenvalue weighted by molar-refractivity contribution is 5.99. The van der Waals surface area contributed by atoms with E-state index in [0.717, 1.165) is 34.1 Å². The van der Waals surface area contributed by atoms with E-state index in [2.05, 4.69) is 265 Å². The first-order chi connectivity index (χ1) is 31.3. The average Bonchev–Trinajstić information content (AvgIpc) is 3.37.